The van der Waals surface area contributed by atoms with E-state index in [1.807, 2.05) is 23.5 Å². The molecule has 0 aromatic carbocycles. The Balaban J connectivity index is 1.99. The fourth-order valence-electron chi connectivity index (χ4n) is 1.56. The van der Waals surface area contributed by atoms with E-state index in [-0.39, 0.29) is 0 Å². The van der Waals surface area contributed by atoms with Gasteiger partial charge in [0.2, 0.25) is 0 Å². The number of nitrogens with zero attached hydrogens (tertiary/aromatic N) is 1. The van der Waals surface area contributed by atoms with Crippen LogP contribution < -0.4 is 16.6 Å². The molecule has 1 atom stereocenters. The number of hydrogen-bond acceptors (Lipinski definition) is 6. The predicted molar refractivity (Wildman–Crippen MR) is 84.1 cm³/mol. The Bertz CT molecular complexity index is 413. The number of thioether (sulfide) groups is 2. The summed E-state index contributed by atoms with van der Waals surface area (Å²) in [6.45, 7) is 0.843. The minimum Gasteiger partial charge on any atom is -0.368 e. The maximum atomic E-state index is 6.09. The quantitative estimate of drug-likeness (QED) is 0.584. The van der Waals surface area contributed by atoms with Crippen molar-refractivity contribution in [3.05, 3.63) is 16.1 Å². The lowest BCUT2D eigenvalue weighted by Crippen LogP contribution is -2.23. The SMILES string of the molecule is NNc1nc(NCC2CSCCS2)c(Cl)cc1Cl. The molecule has 18 heavy (non-hydrogen) atoms. The van der Waals surface area contributed by atoms with Crippen LogP contribution in [0.3, 0.4) is 0 Å². The van der Waals surface area contributed by atoms with Crippen molar-refractivity contribution in [1.29, 1.82) is 0 Å². The number of halogens is 2. The first-order valence-corrected chi connectivity index (χ1v) is 8.42. The van der Waals surface area contributed by atoms with Crippen LogP contribution in [0.25, 0.3) is 0 Å². The maximum Gasteiger partial charge on any atom is 0.161 e. The number of nitrogens with one attached hydrogen (secondary N) is 2. The van der Waals surface area contributed by atoms with E-state index in [1.54, 1.807) is 6.07 Å². The molecule has 1 saturated heterocycles. The van der Waals surface area contributed by atoms with E-state index in [4.69, 9.17) is 29.0 Å². The summed E-state index contributed by atoms with van der Waals surface area (Å²) < 4.78 is 0. The summed E-state index contributed by atoms with van der Waals surface area (Å²) in [6, 6.07) is 1.64. The summed E-state index contributed by atoms with van der Waals surface area (Å²) in [5.41, 5.74) is 2.45. The normalized spacial score (nSPS) is 19.6. The summed E-state index contributed by atoms with van der Waals surface area (Å²) in [5.74, 6) is 9.97. The summed E-state index contributed by atoms with van der Waals surface area (Å²) in [6.07, 6.45) is 0. The summed E-state index contributed by atoms with van der Waals surface area (Å²) in [4.78, 5) is 4.25. The van der Waals surface area contributed by atoms with Crippen molar-refractivity contribution in [2.75, 3.05) is 34.5 Å². The number of hydrazine groups is 1. The molecular formula is C10H14Cl2N4S2. The van der Waals surface area contributed by atoms with Crippen molar-refractivity contribution in [3.63, 3.8) is 0 Å². The minimum atomic E-state index is 0.413. The first kappa shape index (κ1) is 14.4. The standard InChI is InChI=1S/C10H14Cl2N4S2/c11-7-3-8(12)10(16-13)15-9(7)14-4-6-5-17-1-2-18-6/h3,6H,1-2,4-5,13H2,(H2,14,15,16). The average molecular weight is 325 g/mol. The fourth-order valence-corrected chi connectivity index (χ4v) is 4.65. The molecule has 1 aromatic heterocycles. The van der Waals surface area contributed by atoms with Gasteiger partial charge in [0.1, 0.15) is 5.82 Å². The number of nitrogens with two attached hydrogens (primary N) is 1. The van der Waals surface area contributed by atoms with Crippen LogP contribution in [0.5, 0.6) is 0 Å². The molecule has 0 bridgehead atoms. The van der Waals surface area contributed by atoms with E-state index in [9.17, 15) is 0 Å². The first-order valence-electron chi connectivity index (χ1n) is 5.46. The lowest BCUT2D eigenvalue weighted by atomic mass is 10.4. The fraction of sp³-hybridized carbons (Fsp3) is 0.500. The van der Waals surface area contributed by atoms with Crippen molar-refractivity contribution < 1.29 is 0 Å². The lowest BCUT2D eigenvalue weighted by molar-refractivity contribution is 0.993. The summed E-state index contributed by atoms with van der Waals surface area (Å²) in [7, 11) is 0. The molecule has 0 saturated carbocycles. The van der Waals surface area contributed by atoms with Gasteiger partial charge in [-0.2, -0.15) is 23.5 Å². The van der Waals surface area contributed by atoms with Gasteiger partial charge in [0.15, 0.2) is 5.82 Å². The maximum absolute atomic E-state index is 6.09. The van der Waals surface area contributed by atoms with E-state index >= 15 is 0 Å². The van der Waals surface area contributed by atoms with Crippen LogP contribution in [0.2, 0.25) is 10.0 Å². The molecule has 2 heterocycles. The second-order valence-electron chi connectivity index (χ2n) is 3.74. The van der Waals surface area contributed by atoms with Gasteiger partial charge >= 0.3 is 0 Å². The molecular weight excluding hydrogens is 311 g/mol. The van der Waals surface area contributed by atoms with E-state index in [0.717, 1.165) is 12.3 Å². The molecule has 1 fully saturated rings. The predicted octanol–water partition coefficient (Wildman–Crippen LogP) is 2.93. The molecule has 0 radical (unpaired) electrons. The Labute approximate surface area is 125 Å². The Hall–Kier alpha value is -0.0100. The van der Waals surface area contributed by atoms with Gasteiger partial charge in [-0.25, -0.2) is 10.8 Å². The van der Waals surface area contributed by atoms with Crippen molar-refractivity contribution in [3.8, 4) is 0 Å². The molecule has 1 aliphatic heterocycles. The number of nitrogen functional groups attached to an aromatic ring is 1. The first-order chi connectivity index (χ1) is 8.70. The number of rotatable bonds is 4. The number of hydrogen-bond donors (Lipinski definition) is 3. The van der Waals surface area contributed by atoms with Crippen LogP contribution in [-0.2, 0) is 0 Å². The van der Waals surface area contributed by atoms with Gasteiger partial charge < -0.3 is 10.7 Å². The highest BCUT2D eigenvalue weighted by atomic mass is 35.5. The highest BCUT2D eigenvalue weighted by molar-refractivity contribution is 8.06. The molecule has 0 spiro atoms. The lowest BCUT2D eigenvalue weighted by Gasteiger charge is -2.21. The van der Waals surface area contributed by atoms with Crippen LogP contribution in [0.4, 0.5) is 11.6 Å². The van der Waals surface area contributed by atoms with Gasteiger partial charge in [-0.05, 0) is 6.07 Å². The van der Waals surface area contributed by atoms with Crippen LogP contribution >= 0.6 is 46.7 Å². The van der Waals surface area contributed by atoms with Crippen LogP contribution in [0, 0.1) is 0 Å². The molecule has 100 valence electrons. The molecule has 0 aliphatic carbocycles. The van der Waals surface area contributed by atoms with Crippen LogP contribution in [0.1, 0.15) is 0 Å². The number of aromatic nitrogens is 1. The molecule has 1 aromatic rings. The molecule has 1 unspecified atom stereocenters. The van der Waals surface area contributed by atoms with E-state index in [0.29, 0.717) is 26.9 Å². The highest BCUT2D eigenvalue weighted by Gasteiger charge is 2.15. The molecule has 4 N–H and O–H groups in total. The monoisotopic (exact) mass is 324 g/mol. The second kappa shape index (κ2) is 6.96. The van der Waals surface area contributed by atoms with Crippen molar-refractivity contribution in [2.45, 2.75) is 5.25 Å². The van der Waals surface area contributed by atoms with Gasteiger partial charge in [0.25, 0.3) is 0 Å². The molecule has 4 nitrogen and oxygen atoms in total. The van der Waals surface area contributed by atoms with Gasteiger partial charge in [-0.15, -0.1) is 0 Å². The third-order valence-electron chi connectivity index (χ3n) is 2.45. The van der Waals surface area contributed by atoms with Gasteiger partial charge in [-0.3, -0.25) is 0 Å². The van der Waals surface area contributed by atoms with Crippen molar-refractivity contribution in [2.24, 2.45) is 5.84 Å². The Kier molecular flexibility index (Phi) is 5.56. The summed E-state index contributed by atoms with van der Waals surface area (Å²) >= 11 is 16.0. The minimum absolute atomic E-state index is 0.413. The zero-order valence-corrected chi connectivity index (χ0v) is 12.7. The van der Waals surface area contributed by atoms with Crippen LogP contribution in [-0.4, -0.2) is 34.0 Å². The van der Waals surface area contributed by atoms with Gasteiger partial charge in [0.05, 0.1) is 10.0 Å². The Morgan fingerprint density at radius 1 is 1.33 bits per heavy atom. The third kappa shape index (κ3) is 3.74. The van der Waals surface area contributed by atoms with Crippen LogP contribution in [0.15, 0.2) is 6.07 Å². The molecule has 1 aliphatic rings. The average Bonchev–Trinajstić information content (AvgIpc) is 2.39. The summed E-state index contributed by atoms with van der Waals surface area (Å²) in [5, 5.41) is 4.76. The van der Waals surface area contributed by atoms with E-state index < -0.39 is 0 Å². The Morgan fingerprint density at radius 3 is 2.78 bits per heavy atom. The highest BCUT2D eigenvalue weighted by Crippen LogP contribution is 2.30. The molecule has 2 rings (SSSR count). The zero-order valence-electron chi connectivity index (χ0n) is 9.58. The number of anilines is 2. The smallest absolute Gasteiger partial charge is 0.161 e. The van der Waals surface area contributed by atoms with Crippen molar-refractivity contribution >= 4 is 58.4 Å². The molecule has 0 amide bonds. The van der Waals surface area contributed by atoms with E-state index in [1.165, 1.54) is 11.5 Å². The van der Waals surface area contributed by atoms with Gasteiger partial charge in [-0.1, -0.05) is 23.2 Å². The number of pyridine rings is 1. The third-order valence-corrected chi connectivity index (χ3v) is 5.87. The topological polar surface area (TPSA) is 63.0 Å². The largest absolute Gasteiger partial charge is 0.368 e. The van der Waals surface area contributed by atoms with E-state index in [2.05, 4.69) is 15.7 Å². The van der Waals surface area contributed by atoms with Crippen molar-refractivity contribution in [1.82, 2.24) is 4.98 Å². The molecule has 8 heteroatoms. The second-order valence-corrected chi connectivity index (χ2v) is 7.11. The Morgan fingerprint density at radius 2 is 2.11 bits per heavy atom. The van der Waals surface area contributed by atoms with Gasteiger partial charge in [0, 0.05) is 29.1 Å². The zero-order chi connectivity index (χ0) is 13.0.